The van der Waals surface area contributed by atoms with Crippen molar-refractivity contribution in [2.24, 2.45) is 5.92 Å². The topological polar surface area (TPSA) is 68.3 Å². The van der Waals surface area contributed by atoms with Gasteiger partial charge in [0.25, 0.3) is 0 Å². The molecule has 2 heterocycles. The lowest BCUT2D eigenvalue weighted by Crippen LogP contribution is -2.23. The van der Waals surface area contributed by atoms with E-state index < -0.39 is 9.84 Å². The first kappa shape index (κ1) is 18.4. The molecule has 1 saturated heterocycles. The van der Waals surface area contributed by atoms with Gasteiger partial charge in [0, 0.05) is 17.5 Å². The van der Waals surface area contributed by atoms with Crippen LogP contribution in [0.15, 0.2) is 30.9 Å². The number of pyridine rings is 1. The maximum absolute atomic E-state index is 11.6. The highest BCUT2D eigenvalue weighted by Crippen LogP contribution is 2.30. The SMILES string of the molecule is C=CCOc1nc2cc3c(cc2cc1CNCC1CCS(=O)(=O)C1)CCC3. The van der Waals surface area contributed by atoms with Crippen molar-refractivity contribution in [2.75, 3.05) is 24.7 Å². The van der Waals surface area contributed by atoms with Crippen LogP contribution in [-0.2, 0) is 29.2 Å². The van der Waals surface area contributed by atoms with E-state index in [0.717, 1.165) is 35.7 Å². The average Bonchev–Trinajstić information content (AvgIpc) is 3.23. The molecule has 1 atom stereocenters. The molecule has 27 heavy (non-hydrogen) atoms. The van der Waals surface area contributed by atoms with Crippen LogP contribution in [0.5, 0.6) is 5.88 Å². The van der Waals surface area contributed by atoms with E-state index >= 15 is 0 Å². The van der Waals surface area contributed by atoms with Gasteiger partial charge in [0.15, 0.2) is 9.84 Å². The molecular formula is C21H26N2O3S. The number of hydrogen-bond donors (Lipinski definition) is 1. The van der Waals surface area contributed by atoms with E-state index in [1.54, 1.807) is 6.08 Å². The van der Waals surface area contributed by atoms with Crippen LogP contribution in [0.4, 0.5) is 0 Å². The fourth-order valence-corrected chi connectivity index (χ4v) is 5.97. The molecule has 1 N–H and O–H groups in total. The quantitative estimate of drug-likeness (QED) is 0.741. The highest BCUT2D eigenvalue weighted by atomic mass is 32.2. The maximum Gasteiger partial charge on any atom is 0.218 e. The molecule has 1 unspecified atom stereocenters. The number of nitrogens with zero attached hydrogens (tertiary/aromatic N) is 1. The number of aryl methyl sites for hydroxylation is 2. The molecule has 1 aromatic heterocycles. The van der Waals surface area contributed by atoms with Crippen LogP contribution in [-0.4, -0.2) is 38.1 Å². The van der Waals surface area contributed by atoms with Crippen molar-refractivity contribution in [1.29, 1.82) is 0 Å². The Labute approximate surface area is 160 Å². The van der Waals surface area contributed by atoms with Gasteiger partial charge in [0.2, 0.25) is 5.88 Å². The van der Waals surface area contributed by atoms with E-state index in [0.29, 0.717) is 37.1 Å². The summed E-state index contributed by atoms with van der Waals surface area (Å²) in [5.74, 6) is 1.44. The van der Waals surface area contributed by atoms with Crippen LogP contribution in [0.25, 0.3) is 10.9 Å². The zero-order valence-electron chi connectivity index (χ0n) is 15.5. The molecule has 0 radical (unpaired) electrons. The van der Waals surface area contributed by atoms with E-state index in [1.165, 1.54) is 17.5 Å². The Morgan fingerprint density at radius 2 is 2.07 bits per heavy atom. The monoisotopic (exact) mass is 386 g/mol. The third-order valence-electron chi connectivity index (χ3n) is 5.48. The van der Waals surface area contributed by atoms with Gasteiger partial charge in [-0.05, 0) is 67.5 Å². The van der Waals surface area contributed by atoms with Crippen LogP contribution in [0.3, 0.4) is 0 Å². The van der Waals surface area contributed by atoms with Gasteiger partial charge >= 0.3 is 0 Å². The average molecular weight is 387 g/mol. The lowest BCUT2D eigenvalue weighted by molar-refractivity contribution is 0.344. The molecule has 4 rings (SSSR count). The first-order valence-electron chi connectivity index (χ1n) is 9.64. The number of sulfone groups is 1. The molecule has 6 heteroatoms. The van der Waals surface area contributed by atoms with E-state index in [-0.39, 0.29) is 5.92 Å². The molecule has 5 nitrogen and oxygen atoms in total. The Kier molecular flexibility index (Phi) is 5.19. The van der Waals surface area contributed by atoms with Crippen molar-refractivity contribution >= 4 is 20.7 Å². The van der Waals surface area contributed by atoms with Gasteiger partial charge in [0.1, 0.15) is 6.61 Å². The summed E-state index contributed by atoms with van der Waals surface area (Å²) in [6.07, 6.45) is 5.95. The summed E-state index contributed by atoms with van der Waals surface area (Å²) in [5.41, 5.74) is 4.81. The number of fused-ring (bicyclic) bond motifs is 2. The number of rotatable bonds is 7. The molecule has 2 aromatic rings. The first-order valence-corrected chi connectivity index (χ1v) is 11.5. The minimum atomic E-state index is -2.83. The molecule has 0 amide bonds. The molecular weight excluding hydrogens is 360 g/mol. The summed E-state index contributed by atoms with van der Waals surface area (Å²) >= 11 is 0. The van der Waals surface area contributed by atoms with Crippen molar-refractivity contribution in [2.45, 2.75) is 32.2 Å². The predicted molar refractivity (Wildman–Crippen MR) is 108 cm³/mol. The highest BCUT2D eigenvalue weighted by Gasteiger charge is 2.27. The summed E-state index contributed by atoms with van der Waals surface area (Å²) in [6, 6.07) is 6.60. The number of benzene rings is 1. The van der Waals surface area contributed by atoms with Gasteiger partial charge in [-0.15, -0.1) is 0 Å². The summed E-state index contributed by atoms with van der Waals surface area (Å²) in [4.78, 5) is 4.76. The number of ether oxygens (including phenoxy) is 1. The van der Waals surface area contributed by atoms with Crippen molar-refractivity contribution in [1.82, 2.24) is 10.3 Å². The summed E-state index contributed by atoms with van der Waals surface area (Å²) in [5, 5.41) is 4.55. The van der Waals surface area contributed by atoms with Crippen LogP contribution in [0, 0.1) is 5.92 Å². The number of nitrogens with one attached hydrogen (secondary N) is 1. The summed E-state index contributed by atoms with van der Waals surface area (Å²) in [6.45, 7) is 5.44. The van der Waals surface area contributed by atoms with Gasteiger partial charge in [-0.2, -0.15) is 0 Å². The van der Waals surface area contributed by atoms with E-state index in [2.05, 4.69) is 30.1 Å². The summed E-state index contributed by atoms with van der Waals surface area (Å²) in [7, 11) is -2.83. The van der Waals surface area contributed by atoms with E-state index in [4.69, 9.17) is 9.72 Å². The van der Waals surface area contributed by atoms with Crippen LogP contribution >= 0.6 is 0 Å². The largest absolute Gasteiger partial charge is 0.473 e. The lowest BCUT2D eigenvalue weighted by Gasteiger charge is -2.14. The Bertz CT molecular complexity index is 969. The molecule has 0 saturated carbocycles. The zero-order chi connectivity index (χ0) is 18.9. The number of aromatic nitrogens is 1. The van der Waals surface area contributed by atoms with Crippen LogP contribution in [0.2, 0.25) is 0 Å². The minimum Gasteiger partial charge on any atom is -0.473 e. The highest BCUT2D eigenvalue weighted by molar-refractivity contribution is 7.91. The molecule has 1 fully saturated rings. The molecule has 144 valence electrons. The molecule has 1 aliphatic heterocycles. The van der Waals surface area contributed by atoms with Crippen LogP contribution in [0.1, 0.15) is 29.5 Å². The van der Waals surface area contributed by atoms with E-state index in [9.17, 15) is 8.42 Å². The minimum absolute atomic E-state index is 0.198. The third kappa shape index (κ3) is 4.17. The van der Waals surface area contributed by atoms with Gasteiger partial charge in [-0.1, -0.05) is 12.7 Å². The van der Waals surface area contributed by atoms with Crippen LogP contribution < -0.4 is 10.1 Å². The first-order chi connectivity index (χ1) is 13.0. The van der Waals surface area contributed by atoms with Crippen molar-refractivity contribution < 1.29 is 13.2 Å². The molecule has 2 aliphatic rings. The zero-order valence-corrected chi connectivity index (χ0v) is 16.4. The number of hydrogen-bond acceptors (Lipinski definition) is 5. The normalized spacial score (nSPS) is 20.7. The fraction of sp³-hybridized carbons (Fsp3) is 0.476. The third-order valence-corrected chi connectivity index (χ3v) is 7.32. The standard InChI is InChI=1S/C21H26N2O3S/c1-2-7-26-21-19(13-22-12-15-6-8-27(24,25)14-15)10-18-9-16-4-3-5-17(16)11-20(18)23-21/h2,9-11,15,22H,1,3-8,12-14H2. The second kappa shape index (κ2) is 7.60. The Morgan fingerprint density at radius 1 is 1.26 bits per heavy atom. The predicted octanol–water partition coefficient (Wildman–Crippen LogP) is 2.81. The molecule has 1 aliphatic carbocycles. The van der Waals surface area contributed by atoms with E-state index in [1.807, 2.05) is 0 Å². The van der Waals surface area contributed by atoms with Gasteiger partial charge in [-0.25, -0.2) is 13.4 Å². The smallest absolute Gasteiger partial charge is 0.218 e. The van der Waals surface area contributed by atoms with Crippen molar-refractivity contribution in [3.8, 4) is 5.88 Å². The Morgan fingerprint density at radius 3 is 2.81 bits per heavy atom. The summed E-state index contributed by atoms with van der Waals surface area (Å²) < 4.78 is 29.0. The van der Waals surface area contributed by atoms with Crippen molar-refractivity contribution in [3.05, 3.63) is 47.5 Å². The lowest BCUT2D eigenvalue weighted by atomic mass is 10.0. The molecule has 1 aromatic carbocycles. The maximum atomic E-state index is 11.6. The Hall–Kier alpha value is -1.92. The Balaban J connectivity index is 1.53. The van der Waals surface area contributed by atoms with Gasteiger partial charge < -0.3 is 10.1 Å². The molecule has 0 bridgehead atoms. The molecule has 0 spiro atoms. The second-order valence-corrected chi connectivity index (χ2v) is 9.85. The fourth-order valence-electron chi connectivity index (χ4n) is 4.11. The van der Waals surface area contributed by atoms with Crippen molar-refractivity contribution in [3.63, 3.8) is 0 Å². The van der Waals surface area contributed by atoms with Gasteiger partial charge in [-0.3, -0.25) is 0 Å². The van der Waals surface area contributed by atoms with Gasteiger partial charge in [0.05, 0.1) is 17.0 Å². The second-order valence-electron chi connectivity index (χ2n) is 7.62.